The van der Waals surface area contributed by atoms with Gasteiger partial charge >= 0.3 is 5.97 Å². The fourth-order valence-corrected chi connectivity index (χ4v) is 1.75. The number of carbonyl (C=O) groups excluding carboxylic acids is 1. The summed E-state index contributed by atoms with van der Waals surface area (Å²) in [5.41, 5.74) is 2.43. The smallest absolute Gasteiger partial charge is 0.339 e. The van der Waals surface area contributed by atoms with Crippen molar-refractivity contribution in [2.24, 2.45) is 0 Å². The zero-order valence-electron chi connectivity index (χ0n) is 10.5. The van der Waals surface area contributed by atoms with E-state index in [0.717, 1.165) is 11.1 Å². The Bertz CT molecular complexity index is 530. The van der Waals surface area contributed by atoms with Gasteiger partial charge in [0.2, 0.25) is 0 Å². The topological polar surface area (TPSA) is 26.3 Å². The van der Waals surface area contributed by atoms with Gasteiger partial charge in [0, 0.05) is 0 Å². The lowest BCUT2D eigenvalue weighted by Gasteiger charge is -2.11. The minimum Gasteiger partial charge on any atom is -0.459 e. The van der Waals surface area contributed by atoms with E-state index >= 15 is 0 Å². The van der Waals surface area contributed by atoms with E-state index in [0.29, 0.717) is 5.56 Å². The Kier molecular flexibility index (Phi) is 3.78. The molecule has 0 saturated carbocycles. The maximum absolute atomic E-state index is 12.0. The Hall–Kier alpha value is -2.09. The van der Waals surface area contributed by atoms with Gasteiger partial charge in [0.15, 0.2) is 0 Å². The third kappa shape index (κ3) is 2.77. The zero-order chi connectivity index (χ0) is 13.0. The van der Waals surface area contributed by atoms with Crippen LogP contribution in [0.15, 0.2) is 48.5 Å². The molecule has 0 saturated heterocycles. The van der Waals surface area contributed by atoms with Crippen molar-refractivity contribution in [1.29, 1.82) is 0 Å². The molecule has 91 valence electrons. The first kappa shape index (κ1) is 12.4. The first-order valence-electron chi connectivity index (χ1n) is 5.95. The normalized spacial score (nSPS) is 10.4. The van der Waals surface area contributed by atoms with Crippen LogP contribution in [0.4, 0.5) is 0 Å². The van der Waals surface area contributed by atoms with E-state index in [9.17, 15) is 4.79 Å². The summed E-state index contributed by atoms with van der Waals surface area (Å²) in [5, 5.41) is 0. The number of esters is 1. The Morgan fingerprint density at radius 1 is 1.17 bits per heavy atom. The molecule has 2 heteroatoms. The molecule has 0 aliphatic rings. The van der Waals surface area contributed by atoms with Crippen molar-refractivity contribution >= 4 is 5.97 Å². The number of benzene rings is 2. The largest absolute Gasteiger partial charge is 0.459 e. The molecule has 0 N–H and O–H groups in total. The molecule has 1 radical (unpaired) electrons. The second-order valence-electron chi connectivity index (χ2n) is 4.29. The van der Waals surface area contributed by atoms with E-state index < -0.39 is 0 Å². The Morgan fingerprint density at radius 3 is 2.56 bits per heavy atom. The zero-order valence-corrected chi connectivity index (χ0v) is 10.5. The molecule has 0 amide bonds. The lowest BCUT2D eigenvalue weighted by Crippen LogP contribution is -2.12. The average Bonchev–Trinajstić information content (AvgIpc) is 2.39. The number of hydrogen-bond donors (Lipinski definition) is 0. The molecular weight excluding hydrogens is 224 g/mol. The van der Waals surface area contributed by atoms with Crippen molar-refractivity contribution in [2.75, 3.05) is 0 Å². The minimum atomic E-state index is -0.305. The van der Waals surface area contributed by atoms with Gasteiger partial charge < -0.3 is 4.74 Å². The van der Waals surface area contributed by atoms with E-state index in [4.69, 9.17) is 4.74 Å². The van der Waals surface area contributed by atoms with E-state index in [-0.39, 0.29) is 12.1 Å². The molecule has 2 aromatic rings. The fourth-order valence-electron chi connectivity index (χ4n) is 1.75. The van der Waals surface area contributed by atoms with Crippen molar-refractivity contribution in [2.45, 2.75) is 20.0 Å². The summed E-state index contributed by atoms with van der Waals surface area (Å²) in [4.78, 5) is 12.0. The molecule has 0 unspecified atom stereocenters. The molecule has 18 heavy (non-hydrogen) atoms. The van der Waals surface area contributed by atoms with Gasteiger partial charge in [-0.05, 0) is 37.1 Å². The predicted molar refractivity (Wildman–Crippen MR) is 71.3 cm³/mol. The molecule has 2 rings (SSSR count). The van der Waals surface area contributed by atoms with E-state index in [2.05, 4.69) is 6.07 Å². The second-order valence-corrected chi connectivity index (χ2v) is 4.29. The van der Waals surface area contributed by atoms with Crippen LogP contribution in [0.1, 0.15) is 24.2 Å². The van der Waals surface area contributed by atoms with Gasteiger partial charge in [-0.2, -0.15) is 0 Å². The molecule has 0 aliphatic heterocycles. The first-order valence-corrected chi connectivity index (χ1v) is 5.95. The number of hydrogen-bond acceptors (Lipinski definition) is 2. The van der Waals surface area contributed by atoms with Crippen LogP contribution in [-0.2, 0) is 4.74 Å². The van der Waals surface area contributed by atoms with E-state index in [1.54, 1.807) is 12.1 Å². The van der Waals surface area contributed by atoms with Crippen LogP contribution in [0.5, 0.6) is 0 Å². The van der Waals surface area contributed by atoms with Crippen molar-refractivity contribution < 1.29 is 9.53 Å². The molecule has 0 aromatic heterocycles. The van der Waals surface area contributed by atoms with Crippen LogP contribution in [0.25, 0.3) is 11.1 Å². The highest BCUT2D eigenvalue weighted by Crippen LogP contribution is 2.24. The van der Waals surface area contributed by atoms with Crippen LogP contribution in [0.3, 0.4) is 0 Å². The predicted octanol–water partition coefficient (Wildman–Crippen LogP) is 3.72. The summed E-state index contributed by atoms with van der Waals surface area (Å²) in [6.07, 6.45) is -0.124. The molecule has 2 nitrogen and oxygen atoms in total. The summed E-state index contributed by atoms with van der Waals surface area (Å²) < 4.78 is 5.24. The third-order valence-corrected chi connectivity index (χ3v) is 2.51. The highest BCUT2D eigenvalue weighted by molar-refractivity contribution is 5.97. The standard InChI is InChI=1S/C16H15O2/c1-12(2)18-16(17)15-11-7-6-10-14(15)13-8-4-3-5-9-13/h3-6,8-12H,1-2H3. The lowest BCUT2D eigenvalue weighted by atomic mass is 10.00. The summed E-state index contributed by atoms with van der Waals surface area (Å²) in [6.45, 7) is 3.68. The van der Waals surface area contributed by atoms with Crippen molar-refractivity contribution in [3.63, 3.8) is 0 Å². The SMILES string of the molecule is CC(C)OC(=O)c1c[c]ccc1-c1ccccc1. The van der Waals surface area contributed by atoms with Crippen LogP contribution < -0.4 is 0 Å². The van der Waals surface area contributed by atoms with E-state index in [1.807, 2.05) is 50.2 Å². The first-order chi connectivity index (χ1) is 8.68. The van der Waals surface area contributed by atoms with Gasteiger partial charge in [0.25, 0.3) is 0 Å². The summed E-state index contributed by atoms with van der Waals surface area (Å²) in [7, 11) is 0. The molecule has 2 aromatic carbocycles. The number of ether oxygens (including phenoxy) is 1. The molecule has 0 atom stereocenters. The quantitative estimate of drug-likeness (QED) is 0.763. The maximum atomic E-state index is 12.0. The highest BCUT2D eigenvalue weighted by atomic mass is 16.5. The Balaban J connectivity index is 2.41. The molecule has 0 aliphatic carbocycles. The van der Waals surface area contributed by atoms with E-state index in [1.165, 1.54) is 0 Å². The van der Waals surface area contributed by atoms with Crippen molar-refractivity contribution in [3.8, 4) is 11.1 Å². The van der Waals surface area contributed by atoms with Gasteiger partial charge in [-0.3, -0.25) is 0 Å². The average molecular weight is 239 g/mol. The van der Waals surface area contributed by atoms with Crippen molar-refractivity contribution in [1.82, 2.24) is 0 Å². The number of rotatable bonds is 3. The van der Waals surface area contributed by atoms with Crippen LogP contribution >= 0.6 is 0 Å². The monoisotopic (exact) mass is 239 g/mol. The molecular formula is C16H15O2. The molecule has 0 spiro atoms. The minimum absolute atomic E-state index is 0.124. The van der Waals surface area contributed by atoms with Crippen LogP contribution in [-0.4, -0.2) is 12.1 Å². The second kappa shape index (κ2) is 5.50. The third-order valence-electron chi connectivity index (χ3n) is 2.51. The fraction of sp³-hybridized carbons (Fsp3) is 0.188. The van der Waals surface area contributed by atoms with Crippen LogP contribution in [0, 0.1) is 6.07 Å². The highest BCUT2D eigenvalue weighted by Gasteiger charge is 2.14. The van der Waals surface area contributed by atoms with Gasteiger partial charge in [0.1, 0.15) is 0 Å². The number of carbonyl (C=O) groups is 1. The van der Waals surface area contributed by atoms with Crippen molar-refractivity contribution in [3.05, 3.63) is 60.2 Å². The maximum Gasteiger partial charge on any atom is 0.339 e. The summed E-state index contributed by atoms with van der Waals surface area (Å²) >= 11 is 0. The molecule has 0 fully saturated rings. The Morgan fingerprint density at radius 2 is 1.89 bits per heavy atom. The van der Waals surface area contributed by atoms with Crippen LogP contribution in [0.2, 0.25) is 0 Å². The molecule has 0 heterocycles. The van der Waals surface area contributed by atoms with Gasteiger partial charge in [-0.1, -0.05) is 42.5 Å². The van der Waals surface area contributed by atoms with Gasteiger partial charge in [-0.15, -0.1) is 0 Å². The van der Waals surface area contributed by atoms with Gasteiger partial charge in [-0.25, -0.2) is 4.79 Å². The summed E-state index contributed by atoms with van der Waals surface area (Å²) in [5.74, 6) is -0.305. The van der Waals surface area contributed by atoms with Gasteiger partial charge in [0.05, 0.1) is 11.7 Å². The summed E-state index contributed by atoms with van der Waals surface area (Å²) in [6, 6.07) is 18.1. The molecule has 0 bridgehead atoms. The Labute approximate surface area is 107 Å². The lowest BCUT2D eigenvalue weighted by molar-refractivity contribution is 0.0379.